The van der Waals surface area contributed by atoms with E-state index in [1.165, 1.54) is 0 Å². The topological polar surface area (TPSA) is 46.5 Å². The molecule has 3 nitrogen and oxygen atoms in total. The van der Waals surface area contributed by atoms with E-state index in [0.717, 1.165) is 17.1 Å². The summed E-state index contributed by atoms with van der Waals surface area (Å²) in [5, 5.41) is 9.78. The third-order valence-corrected chi connectivity index (χ3v) is 4.04. The molecule has 0 fully saturated rings. The van der Waals surface area contributed by atoms with E-state index < -0.39 is 5.97 Å². The van der Waals surface area contributed by atoms with Crippen molar-refractivity contribution in [3.63, 3.8) is 0 Å². The van der Waals surface area contributed by atoms with Gasteiger partial charge in [0.25, 0.3) is 0 Å². The molecule has 0 unspecified atom stereocenters. The summed E-state index contributed by atoms with van der Waals surface area (Å²) in [4.78, 5) is 11.1. The van der Waals surface area contributed by atoms with Gasteiger partial charge >= 0.3 is 5.97 Å². The van der Waals surface area contributed by atoms with Crippen LogP contribution in [0, 0.1) is 0 Å². The standard InChI is InChI=1S/C16H15ClO3S/c17-13-5-7-14(8-6-13)20-9-10-21-11-12-3-1-2-4-15(12)16(18)19/h1-8H,9-11H2,(H,18,19). The molecule has 2 rings (SSSR count). The van der Waals surface area contributed by atoms with Crippen LogP contribution < -0.4 is 4.74 Å². The van der Waals surface area contributed by atoms with Crippen LogP contribution in [0.15, 0.2) is 48.5 Å². The third kappa shape index (κ3) is 4.99. The van der Waals surface area contributed by atoms with Crippen LogP contribution in [0.25, 0.3) is 0 Å². The summed E-state index contributed by atoms with van der Waals surface area (Å²) in [7, 11) is 0. The van der Waals surface area contributed by atoms with E-state index in [2.05, 4.69) is 0 Å². The van der Waals surface area contributed by atoms with Crippen molar-refractivity contribution < 1.29 is 14.6 Å². The first-order valence-corrected chi connectivity index (χ1v) is 7.97. The second-order valence-corrected chi connectivity index (χ2v) is 5.86. The number of hydrogen-bond acceptors (Lipinski definition) is 3. The minimum Gasteiger partial charge on any atom is -0.493 e. The first kappa shape index (κ1) is 15.7. The lowest BCUT2D eigenvalue weighted by molar-refractivity contribution is 0.0696. The van der Waals surface area contributed by atoms with Crippen molar-refractivity contribution in [2.75, 3.05) is 12.4 Å². The maximum atomic E-state index is 11.1. The molecule has 0 saturated heterocycles. The van der Waals surface area contributed by atoms with Crippen LogP contribution in [0.5, 0.6) is 5.75 Å². The highest BCUT2D eigenvalue weighted by atomic mass is 35.5. The number of aromatic carboxylic acids is 1. The molecule has 0 amide bonds. The van der Waals surface area contributed by atoms with E-state index in [0.29, 0.717) is 22.9 Å². The number of halogens is 1. The average molecular weight is 323 g/mol. The van der Waals surface area contributed by atoms with Crippen LogP contribution in [-0.2, 0) is 5.75 Å². The zero-order valence-electron chi connectivity index (χ0n) is 11.3. The van der Waals surface area contributed by atoms with E-state index in [9.17, 15) is 4.79 Å². The molecule has 5 heteroatoms. The zero-order valence-corrected chi connectivity index (χ0v) is 12.9. The highest BCUT2D eigenvalue weighted by molar-refractivity contribution is 7.98. The zero-order chi connectivity index (χ0) is 15.1. The van der Waals surface area contributed by atoms with E-state index >= 15 is 0 Å². The lowest BCUT2D eigenvalue weighted by Gasteiger charge is -2.07. The number of thioether (sulfide) groups is 1. The summed E-state index contributed by atoms with van der Waals surface area (Å²) in [6, 6.07) is 14.3. The largest absolute Gasteiger partial charge is 0.493 e. The Balaban J connectivity index is 1.75. The van der Waals surface area contributed by atoms with Gasteiger partial charge in [-0.15, -0.1) is 0 Å². The molecule has 0 aromatic heterocycles. The number of ether oxygens (including phenoxy) is 1. The van der Waals surface area contributed by atoms with Crippen molar-refractivity contribution in [1.82, 2.24) is 0 Å². The van der Waals surface area contributed by atoms with Gasteiger partial charge in [0.15, 0.2) is 0 Å². The van der Waals surface area contributed by atoms with Gasteiger partial charge in [-0.05, 0) is 35.9 Å². The molecule has 0 spiro atoms. The molecular formula is C16H15ClO3S. The van der Waals surface area contributed by atoms with Gasteiger partial charge < -0.3 is 9.84 Å². The number of carbonyl (C=O) groups is 1. The second kappa shape index (κ2) is 7.96. The fourth-order valence-corrected chi connectivity index (χ4v) is 2.73. The molecule has 21 heavy (non-hydrogen) atoms. The van der Waals surface area contributed by atoms with Crippen molar-refractivity contribution in [1.29, 1.82) is 0 Å². The van der Waals surface area contributed by atoms with Crippen molar-refractivity contribution in [2.45, 2.75) is 5.75 Å². The van der Waals surface area contributed by atoms with E-state index in [1.54, 1.807) is 36.0 Å². The lowest BCUT2D eigenvalue weighted by atomic mass is 10.1. The van der Waals surface area contributed by atoms with Crippen LogP contribution in [0.2, 0.25) is 5.02 Å². The Morgan fingerprint density at radius 2 is 1.86 bits per heavy atom. The number of rotatable bonds is 7. The minimum absolute atomic E-state index is 0.364. The van der Waals surface area contributed by atoms with Gasteiger partial charge in [-0.2, -0.15) is 11.8 Å². The molecule has 0 aliphatic carbocycles. The van der Waals surface area contributed by atoms with Crippen molar-refractivity contribution in [2.24, 2.45) is 0 Å². The Morgan fingerprint density at radius 3 is 2.57 bits per heavy atom. The van der Waals surface area contributed by atoms with Crippen molar-refractivity contribution in [3.8, 4) is 5.75 Å². The van der Waals surface area contributed by atoms with Gasteiger partial charge in [-0.1, -0.05) is 29.8 Å². The molecule has 110 valence electrons. The quantitative estimate of drug-likeness (QED) is 0.770. The molecule has 0 aliphatic rings. The first-order chi connectivity index (χ1) is 10.2. The number of carboxylic acid groups (broad SMARTS) is 1. The molecule has 0 radical (unpaired) electrons. The lowest BCUT2D eigenvalue weighted by Crippen LogP contribution is -2.03. The molecular weight excluding hydrogens is 308 g/mol. The van der Waals surface area contributed by atoms with Gasteiger partial charge in [-0.25, -0.2) is 4.79 Å². The normalized spacial score (nSPS) is 10.3. The number of carboxylic acids is 1. The fourth-order valence-electron chi connectivity index (χ4n) is 1.79. The summed E-state index contributed by atoms with van der Waals surface area (Å²) in [5.41, 5.74) is 1.20. The Kier molecular flexibility index (Phi) is 5.96. The highest BCUT2D eigenvalue weighted by Crippen LogP contribution is 2.18. The summed E-state index contributed by atoms with van der Waals surface area (Å²) < 4.78 is 5.58. The van der Waals surface area contributed by atoms with Gasteiger partial charge in [0.2, 0.25) is 0 Å². The number of benzene rings is 2. The molecule has 2 aromatic rings. The number of hydrogen-bond donors (Lipinski definition) is 1. The SMILES string of the molecule is O=C(O)c1ccccc1CSCCOc1ccc(Cl)cc1. The summed E-state index contributed by atoms with van der Waals surface area (Å²) in [6.07, 6.45) is 0. The van der Waals surface area contributed by atoms with E-state index in [-0.39, 0.29) is 0 Å². The monoisotopic (exact) mass is 322 g/mol. The second-order valence-electron chi connectivity index (χ2n) is 4.32. The Bertz CT molecular complexity index is 599. The molecule has 0 heterocycles. The summed E-state index contributed by atoms with van der Waals surface area (Å²) >= 11 is 7.44. The van der Waals surface area contributed by atoms with E-state index in [1.807, 2.05) is 24.3 Å². The predicted octanol–water partition coefficient (Wildman–Crippen LogP) is 4.35. The Morgan fingerprint density at radius 1 is 1.14 bits per heavy atom. The van der Waals surface area contributed by atoms with Crippen LogP contribution in [0.1, 0.15) is 15.9 Å². The molecule has 0 atom stereocenters. The Hall–Kier alpha value is -1.65. The van der Waals surface area contributed by atoms with Gasteiger partial charge in [0.1, 0.15) is 5.75 Å². The minimum atomic E-state index is -0.886. The first-order valence-electron chi connectivity index (χ1n) is 6.44. The molecule has 0 bridgehead atoms. The van der Waals surface area contributed by atoms with Gasteiger partial charge in [0, 0.05) is 16.5 Å². The molecule has 1 N–H and O–H groups in total. The molecule has 0 aliphatic heterocycles. The van der Waals surface area contributed by atoms with Gasteiger partial charge in [-0.3, -0.25) is 0 Å². The Labute approximate surface area is 132 Å². The van der Waals surface area contributed by atoms with Crippen LogP contribution in [0.3, 0.4) is 0 Å². The maximum Gasteiger partial charge on any atom is 0.335 e. The van der Waals surface area contributed by atoms with Crippen molar-refractivity contribution in [3.05, 3.63) is 64.7 Å². The average Bonchev–Trinajstić information content (AvgIpc) is 2.49. The van der Waals surface area contributed by atoms with Crippen LogP contribution >= 0.6 is 23.4 Å². The van der Waals surface area contributed by atoms with Crippen LogP contribution in [-0.4, -0.2) is 23.4 Å². The summed E-state index contributed by atoms with van der Waals surface area (Å²) in [5.74, 6) is 1.35. The predicted molar refractivity (Wildman–Crippen MR) is 86.5 cm³/mol. The van der Waals surface area contributed by atoms with E-state index in [4.69, 9.17) is 21.4 Å². The fraction of sp³-hybridized carbons (Fsp3) is 0.188. The third-order valence-electron chi connectivity index (χ3n) is 2.82. The smallest absolute Gasteiger partial charge is 0.335 e. The molecule has 2 aromatic carbocycles. The van der Waals surface area contributed by atoms with Gasteiger partial charge in [0.05, 0.1) is 12.2 Å². The van der Waals surface area contributed by atoms with Crippen LogP contribution in [0.4, 0.5) is 0 Å². The van der Waals surface area contributed by atoms with Crippen molar-refractivity contribution >= 4 is 29.3 Å². The maximum absolute atomic E-state index is 11.1. The molecule has 0 saturated carbocycles. The highest BCUT2D eigenvalue weighted by Gasteiger charge is 2.08. The summed E-state index contributed by atoms with van der Waals surface area (Å²) in [6.45, 7) is 0.571.